The van der Waals surface area contributed by atoms with Crippen LogP contribution in [0.2, 0.25) is 0 Å². The average Bonchev–Trinajstić information content (AvgIpc) is 3.16. The Morgan fingerprint density at radius 1 is 0.467 bits per heavy atom. The van der Waals surface area contributed by atoms with Gasteiger partial charge in [0.05, 0.1) is 94.4 Å². The summed E-state index contributed by atoms with van der Waals surface area (Å²) >= 11 is 0. The van der Waals surface area contributed by atoms with Gasteiger partial charge >= 0.3 is 206 Å². The second-order valence-corrected chi connectivity index (χ2v) is 23.8. The van der Waals surface area contributed by atoms with Gasteiger partial charge in [-0.05, 0) is 35.4 Å². The van der Waals surface area contributed by atoms with E-state index >= 15 is 0 Å². The minimum Gasteiger partial charge on any atom is -0.748 e. The fraction of sp³-hybridized carbons (Fsp3) is 0.545. The van der Waals surface area contributed by atoms with Crippen LogP contribution in [-0.2, 0) is 49.9 Å². The number of nitrogens with zero attached hydrogens (tertiary/aromatic N) is 8. The summed E-state index contributed by atoms with van der Waals surface area (Å²) in [5, 5.41) is 130. The van der Waals surface area contributed by atoms with Crippen molar-refractivity contribution < 1.29 is 328 Å². The van der Waals surface area contributed by atoms with Crippen LogP contribution in [-0.4, -0.2) is 296 Å². The molecule has 0 aliphatic carbocycles. The van der Waals surface area contributed by atoms with E-state index in [4.69, 9.17) is 9.47 Å². The molecule has 2 aromatic heterocycles. The van der Waals surface area contributed by atoms with E-state index in [2.05, 4.69) is 51.2 Å². The number of anilines is 8. The number of aliphatic hydroxyl groups is 12. The van der Waals surface area contributed by atoms with Crippen LogP contribution in [0.4, 0.5) is 47.1 Å². The van der Waals surface area contributed by atoms with Crippen molar-refractivity contribution in [3.05, 3.63) is 47.5 Å². The normalized spacial score (nSPS) is 14.6. The largest absolute Gasteiger partial charge is 1.00 e. The molecule has 0 aliphatic rings. The van der Waals surface area contributed by atoms with E-state index in [0.717, 1.165) is 58.4 Å². The number of aromatic nitrogens is 6. The summed E-state index contributed by atoms with van der Waals surface area (Å²) in [6.45, 7) is -6.74. The molecule has 8 unspecified atom stereocenters. The van der Waals surface area contributed by atoms with Crippen molar-refractivity contribution in [2.75, 3.05) is 135 Å². The van der Waals surface area contributed by atoms with Crippen molar-refractivity contribution in [3.8, 4) is 0 Å². The van der Waals surface area contributed by atoms with Crippen LogP contribution < -0.4 is 237 Å². The number of hydrogen-bond acceptors (Lipinski definition) is 38. The average molecular weight is 1460 g/mol. The molecule has 8 atom stereocenters. The Hall–Kier alpha value is 0.625. The zero-order valence-electron chi connectivity index (χ0n) is 48.8. The molecule has 4 aromatic rings. The summed E-state index contributed by atoms with van der Waals surface area (Å²) < 4.78 is 156. The molecule has 0 spiro atoms. The molecule has 38 nitrogen and oxygen atoms in total. The molecule has 0 aliphatic heterocycles. The molecule has 0 radical (unpaired) electrons. The van der Waals surface area contributed by atoms with Crippen molar-refractivity contribution in [1.29, 1.82) is 0 Å². The maximum Gasteiger partial charge on any atom is 1.00 e. The van der Waals surface area contributed by atoms with Gasteiger partial charge in [0.15, 0.2) is 0 Å². The molecule has 0 saturated carbocycles. The minimum absolute atomic E-state index is 0. The van der Waals surface area contributed by atoms with Gasteiger partial charge in [-0.1, -0.05) is 24.3 Å². The first-order chi connectivity index (χ1) is 40.3. The summed E-state index contributed by atoms with van der Waals surface area (Å²) in [5.74, 6) is -4.76. The number of rotatable bonds is 40. The number of benzene rings is 2. The Labute approximate surface area is 686 Å². The van der Waals surface area contributed by atoms with E-state index in [1.165, 1.54) is 0 Å². The Morgan fingerprint density at radius 3 is 1.09 bits per heavy atom. The predicted molar refractivity (Wildman–Crippen MR) is 293 cm³/mol. The smallest absolute Gasteiger partial charge is 0.748 e. The summed E-state index contributed by atoms with van der Waals surface area (Å²) in [7, 11) is -20.6. The van der Waals surface area contributed by atoms with Gasteiger partial charge in [-0.2, -0.15) is 29.9 Å². The maximum absolute atomic E-state index is 12.8. The molecular formula is C44H64K4N12O26S4. The zero-order chi connectivity index (χ0) is 64.2. The van der Waals surface area contributed by atoms with Gasteiger partial charge in [0.25, 0.3) is 0 Å². The summed E-state index contributed by atoms with van der Waals surface area (Å²) in [5.41, 5.74) is -1.32. The molecule has 0 bridgehead atoms. The van der Waals surface area contributed by atoms with Crippen molar-refractivity contribution >= 4 is 99.7 Å². The van der Waals surface area contributed by atoms with Gasteiger partial charge in [0.1, 0.15) is 69.1 Å². The third kappa shape index (κ3) is 32.1. The Morgan fingerprint density at radius 2 is 0.789 bits per heavy atom. The number of aliphatic hydroxyl groups excluding tert-OH is 12. The monoisotopic (exact) mass is 1460 g/mol. The summed E-state index contributed by atoms with van der Waals surface area (Å²) in [6.07, 6.45) is -14.1. The molecule has 4 rings (SSSR count). The molecule has 2 heterocycles. The van der Waals surface area contributed by atoms with Gasteiger partial charge < -0.3 is 120 Å². The van der Waals surface area contributed by atoms with E-state index < -0.39 is 210 Å². The van der Waals surface area contributed by atoms with E-state index in [-0.39, 0.29) is 256 Å². The van der Waals surface area contributed by atoms with E-state index in [0.29, 0.717) is 0 Å². The van der Waals surface area contributed by atoms with Crippen LogP contribution >= 0.6 is 0 Å². The molecule has 2 aromatic carbocycles. The van der Waals surface area contributed by atoms with Crippen LogP contribution in [0, 0.1) is 0 Å². The van der Waals surface area contributed by atoms with Gasteiger partial charge in [0.2, 0.25) is 35.7 Å². The molecule has 0 amide bonds. The van der Waals surface area contributed by atoms with Crippen LogP contribution in [0.1, 0.15) is 11.1 Å². The zero-order valence-corrected chi connectivity index (χ0v) is 64.6. The molecule has 0 saturated heterocycles. The third-order valence-electron chi connectivity index (χ3n) is 11.6. The second-order valence-electron chi connectivity index (χ2n) is 18.1. The SMILES string of the molecule is O=S(=O)([O-])CCNc1nc(Nc2ccc(C=Cc3ccc(Nc4nc(NCCS(=O)(=O)[O-])nc(N(CCOCCO)CC(O)C(O)C(O)C(O)CO)n4)cc3S(=O)(=O)[O-])c(S(=O)(=O)[O-])c2)nc(N(CCOCCO)CC(O)C(O)C(O)C(O)CO)n1.[K+].[K+].[K+].[K+]. The standard InChI is InChI=1S/C44H68N12O26S4.4K/c57-11-15-81-13-9-55(21-29(61)35(65)37(67)31(63)23-59)43-51-39(45-7-17-83(69,70)71)49-41(53-43)47-27-5-3-25(33(19-27)85(75,76)77)1-2-26-4-6-28(20-34(26)86(78,79)80)48-42-50-40(46-8-18-84(72,73)74)52-44(54-42)56(10-14-82-16-12-58)22-30(62)36(66)38(68)32(64)24-60;;;;/h1-6,19-20,29-32,35-38,57-68H,7-18,21-24H2,(H,69,70,71)(H,72,73,74)(H,75,76,77)(H,78,79,80)(H2,45,47,49,51,53)(H2,46,48,50,52,54);;;;/q;4*+1/p-4. The van der Waals surface area contributed by atoms with Crippen molar-refractivity contribution in [3.63, 3.8) is 0 Å². The molecular weight excluding hydrogens is 1400 g/mol. The first kappa shape index (κ1) is 90.6. The van der Waals surface area contributed by atoms with Crippen LogP contribution in [0.25, 0.3) is 12.2 Å². The quantitative estimate of drug-likeness (QED) is 0.00851. The number of hydrogen-bond donors (Lipinski definition) is 16. The van der Waals surface area contributed by atoms with Crippen molar-refractivity contribution in [2.24, 2.45) is 0 Å². The van der Waals surface area contributed by atoms with E-state index in [1.807, 2.05) is 0 Å². The first-order valence-corrected chi connectivity index (χ1v) is 31.1. The molecule has 46 heteroatoms. The Balaban J connectivity index is 0.0000198. The maximum atomic E-state index is 12.8. The van der Waals surface area contributed by atoms with E-state index in [9.17, 15) is 113 Å². The van der Waals surface area contributed by atoms with Crippen molar-refractivity contribution in [1.82, 2.24) is 29.9 Å². The van der Waals surface area contributed by atoms with Gasteiger partial charge in [-0.3, -0.25) is 0 Å². The van der Waals surface area contributed by atoms with Gasteiger partial charge in [-0.25, -0.2) is 33.7 Å². The summed E-state index contributed by atoms with van der Waals surface area (Å²) in [4.78, 5) is 25.2. The molecule has 484 valence electrons. The van der Waals surface area contributed by atoms with Crippen LogP contribution in [0.5, 0.6) is 0 Å². The van der Waals surface area contributed by atoms with Crippen molar-refractivity contribution in [2.45, 2.75) is 58.6 Å². The molecule has 90 heavy (non-hydrogen) atoms. The minimum atomic E-state index is -5.47. The second kappa shape index (κ2) is 43.9. The van der Waals surface area contributed by atoms with Crippen LogP contribution in [0.3, 0.4) is 0 Å². The summed E-state index contributed by atoms with van der Waals surface area (Å²) in [6, 6.07) is 5.95. The third-order valence-corrected chi connectivity index (χ3v) is 14.7. The molecule has 0 fully saturated rings. The van der Waals surface area contributed by atoms with Gasteiger partial charge in [-0.15, -0.1) is 0 Å². The molecule has 16 N–H and O–H groups in total. The van der Waals surface area contributed by atoms with Crippen LogP contribution in [0.15, 0.2) is 46.2 Å². The fourth-order valence-corrected chi connectivity index (χ4v) is 9.35. The fourth-order valence-electron chi connectivity index (χ4n) is 7.25. The first-order valence-electron chi connectivity index (χ1n) is 25.1. The topological polar surface area (TPSA) is 622 Å². The Kier molecular flexibility index (Phi) is 44.2. The van der Waals surface area contributed by atoms with Gasteiger partial charge in [0, 0.05) is 50.6 Å². The Bertz CT molecular complexity index is 3120. The van der Waals surface area contributed by atoms with E-state index in [1.54, 1.807) is 0 Å². The number of ether oxygens (including phenoxy) is 2. The predicted octanol–water partition coefficient (Wildman–Crippen LogP) is -20.0. The number of nitrogens with one attached hydrogen (secondary N) is 4.